The fourth-order valence-electron chi connectivity index (χ4n) is 3.16. The van der Waals surface area contributed by atoms with Crippen LogP contribution in [-0.4, -0.2) is 45.7 Å². The second-order valence-corrected chi connectivity index (χ2v) is 7.43. The Kier molecular flexibility index (Phi) is 4.81. The molecule has 0 saturated carbocycles. The monoisotopic (exact) mass is 367 g/mol. The molecule has 7 heteroatoms. The van der Waals surface area contributed by atoms with E-state index in [4.69, 9.17) is 0 Å². The lowest BCUT2D eigenvalue weighted by Crippen LogP contribution is -2.31. The normalized spacial score (nSPS) is 15.9. The summed E-state index contributed by atoms with van der Waals surface area (Å²) < 4.78 is 1.97. The number of nitrogens with zero attached hydrogens (tertiary/aromatic N) is 4. The highest BCUT2D eigenvalue weighted by Gasteiger charge is 2.20. The van der Waals surface area contributed by atoms with E-state index in [0.29, 0.717) is 16.9 Å². The summed E-state index contributed by atoms with van der Waals surface area (Å²) >= 11 is 1.34. The highest BCUT2D eigenvalue weighted by molar-refractivity contribution is 7.12. The third kappa shape index (κ3) is 3.68. The van der Waals surface area contributed by atoms with Crippen LogP contribution in [0.3, 0.4) is 0 Å². The van der Waals surface area contributed by atoms with E-state index in [9.17, 15) is 4.79 Å². The summed E-state index contributed by atoms with van der Waals surface area (Å²) in [6, 6.07) is 12.1. The van der Waals surface area contributed by atoms with Gasteiger partial charge in [-0.15, -0.1) is 11.3 Å². The fraction of sp³-hybridized carbons (Fsp3) is 0.316. The average molecular weight is 367 g/mol. The van der Waals surface area contributed by atoms with Crippen LogP contribution in [0.5, 0.6) is 0 Å². The minimum atomic E-state index is -0.217. The predicted molar refractivity (Wildman–Crippen MR) is 103 cm³/mol. The van der Waals surface area contributed by atoms with Crippen molar-refractivity contribution in [2.75, 3.05) is 25.5 Å². The smallest absolute Gasteiger partial charge is 0.285 e. The Hall–Kier alpha value is -2.51. The fourth-order valence-corrected chi connectivity index (χ4v) is 3.88. The second kappa shape index (κ2) is 7.39. The van der Waals surface area contributed by atoms with Crippen LogP contribution in [-0.2, 0) is 0 Å². The Bertz CT molecular complexity index is 880. The summed E-state index contributed by atoms with van der Waals surface area (Å²) in [6.45, 7) is 2.15. The third-order valence-electron chi connectivity index (χ3n) is 4.68. The molecule has 134 valence electrons. The van der Waals surface area contributed by atoms with Gasteiger partial charge in [0.25, 0.3) is 5.91 Å². The molecule has 0 spiro atoms. The minimum absolute atomic E-state index is 0.217. The number of nitrogens with one attached hydrogen (secondary N) is 1. The molecule has 1 fully saturated rings. The third-order valence-corrected chi connectivity index (χ3v) is 5.52. The highest BCUT2D eigenvalue weighted by atomic mass is 32.1. The molecule has 2 aromatic heterocycles. The van der Waals surface area contributed by atoms with Crippen molar-refractivity contribution in [2.45, 2.75) is 18.9 Å². The summed E-state index contributed by atoms with van der Waals surface area (Å²) in [5, 5.41) is 9.74. The largest absolute Gasteiger partial charge is 0.306 e. The topological polar surface area (TPSA) is 63.0 Å². The second-order valence-electron chi connectivity index (χ2n) is 6.57. The molecular formula is C19H21N5OS. The van der Waals surface area contributed by atoms with E-state index in [2.05, 4.69) is 27.3 Å². The van der Waals surface area contributed by atoms with E-state index >= 15 is 0 Å². The molecule has 0 aliphatic carbocycles. The van der Waals surface area contributed by atoms with E-state index in [0.717, 1.165) is 37.2 Å². The zero-order chi connectivity index (χ0) is 17.9. The van der Waals surface area contributed by atoms with Gasteiger partial charge in [-0.3, -0.25) is 9.48 Å². The number of likely N-dealkylation sites (tertiary alicyclic amines) is 1. The van der Waals surface area contributed by atoms with Crippen LogP contribution in [0.4, 0.5) is 5.82 Å². The quantitative estimate of drug-likeness (QED) is 0.766. The minimum Gasteiger partial charge on any atom is -0.306 e. The lowest BCUT2D eigenvalue weighted by atomic mass is 10.1. The Morgan fingerprint density at radius 3 is 2.73 bits per heavy atom. The highest BCUT2D eigenvalue weighted by Crippen LogP contribution is 2.24. The zero-order valence-corrected chi connectivity index (χ0v) is 15.4. The van der Waals surface area contributed by atoms with Gasteiger partial charge in [-0.25, -0.2) is 4.98 Å². The van der Waals surface area contributed by atoms with Gasteiger partial charge in [-0.2, -0.15) is 5.10 Å². The summed E-state index contributed by atoms with van der Waals surface area (Å²) in [7, 11) is 2.14. The van der Waals surface area contributed by atoms with Crippen LogP contribution in [0.2, 0.25) is 0 Å². The molecule has 4 rings (SSSR count). The van der Waals surface area contributed by atoms with Crippen LogP contribution in [0.25, 0.3) is 11.3 Å². The van der Waals surface area contributed by atoms with Gasteiger partial charge in [0, 0.05) is 23.2 Å². The van der Waals surface area contributed by atoms with Gasteiger partial charge in [-0.05, 0) is 33.0 Å². The number of anilines is 1. The molecule has 1 amide bonds. The first kappa shape index (κ1) is 16.9. The molecule has 0 atom stereocenters. The first-order valence-electron chi connectivity index (χ1n) is 8.75. The summed E-state index contributed by atoms with van der Waals surface area (Å²) in [5.41, 5.74) is 1.83. The maximum Gasteiger partial charge on any atom is 0.285 e. The number of thiazole rings is 1. The number of aromatic nitrogens is 3. The SMILES string of the molecule is CN1CCC(n2ccc(NC(=O)c3nc(-c4ccccc4)cs3)n2)CC1. The molecule has 0 bridgehead atoms. The van der Waals surface area contributed by atoms with Crippen LogP contribution in [0.1, 0.15) is 28.7 Å². The van der Waals surface area contributed by atoms with Crippen LogP contribution >= 0.6 is 11.3 Å². The van der Waals surface area contributed by atoms with Crippen molar-refractivity contribution >= 4 is 23.1 Å². The van der Waals surface area contributed by atoms with Crippen molar-refractivity contribution in [1.82, 2.24) is 19.7 Å². The number of piperidine rings is 1. The number of rotatable bonds is 4. The van der Waals surface area contributed by atoms with E-state index in [1.165, 1.54) is 11.3 Å². The number of hydrogen-bond donors (Lipinski definition) is 1. The Labute approximate surface area is 156 Å². The molecule has 0 unspecified atom stereocenters. The summed E-state index contributed by atoms with van der Waals surface area (Å²) in [5.74, 6) is 0.358. The lowest BCUT2D eigenvalue weighted by Gasteiger charge is -2.28. The van der Waals surface area contributed by atoms with Crippen molar-refractivity contribution in [3.05, 3.63) is 53.0 Å². The van der Waals surface area contributed by atoms with Crippen LogP contribution in [0.15, 0.2) is 48.0 Å². The molecule has 1 N–H and O–H groups in total. The number of amides is 1. The van der Waals surface area contributed by atoms with Gasteiger partial charge >= 0.3 is 0 Å². The van der Waals surface area contributed by atoms with Crippen molar-refractivity contribution in [1.29, 1.82) is 0 Å². The van der Waals surface area contributed by atoms with Crippen LogP contribution in [0, 0.1) is 0 Å². The van der Waals surface area contributed by atoms with Crippen LogP contribution < -0.4 is 5.32 Å². The number of benzene rings is 1. The molecule has 1 saturated heterocycles. The molecule has 0 radical (unpaired) electrons. The Morgan fingerprint density at radius 1 is 1.19 bits per heavy atom. The molecule has 6 nitrogen and oxygen atoms in total. The van der Waals surface area contributed by atoms with E-state index < -0.39 is 0 Å². The van der Waals surface area contributed by atoms with E-state index in [-0.39, 0.29) is 5.91 Å². The van der Waals surface area contributed by atoms with Gasteiger partial charge in [0.2, 0.25) is 0 Å². The van der Waals surface area contributed by atoms with Crippen molar-refractivity contribution in [3.8, 4) is 11.3 Å². The zero-order valence-electron chi connectivity index (χ0n) is 14.6. The molecular weight excluding hydrogens is 346 g/mol. The molecule has 3 heterocycles. The van der Waals surface area contributed by atoms with Gasteiger partial charge < -0.3 is 10.2 Å². The van der Waals surface area contributed by atoms with E-state index in [1.807, 2.05) is 52.7 Å². The summed E-state index contributed by atoms with van der Waals surface area (Å²) in [4.78, 5) is 19.2. The van der Waals surface area contributed by atoms with Gasteiger partial charge in [0.05, 0.1) is 11.7 Å². The number of carbonyl (C=O) groups is 1. The number of carbonyl (C=O) groups excluding carboxylic acids is 1. The Morgan fingerprint density at radius 2 is 1.96 bits per heavy atom. The maximum absolute atomic E-state index is 12.5. The first-order valence-corrected chi connectivity index (χ1v) is 9.63. The maximum atomic E-state index is 12.5. The molecule has 1 aliphatic heterocycles. The van der Waals surface area contributed by atoms with Crippen molar-refractivity contribution in [2.24, 2.45) is 0 Å². The molecule has 26 heavy (non-hydrogen) atoms. The molecule has 3 aromatic rings. The standard InChI is InChI=1S/C19H21N5OS/c1-23-10-7-15(8-11-23)24-12-9-17(22-24)21-18(25)19-20-16(13-26-19)14-5-3-2-4-6-14/h2-6,9,12-13,15H,7-8,10-11H2,1H3,(H,21,22,25). The first-order chi connectivity index (χ1) is 12.7. The molecule has 1 aromatic carbocycles. The van der Waals surface area contributed by atoms with Gasteiger partial charge in [0.15, 0.2) is 10.8 Å². The molecule has 1 aliphatic rings. The van der Waals surface area contributed by atoms with Crippen molar-refractivity contribution in [3.63, 3.8) is 0 Å². The van der Waals surface area contributed by atoms with Crippen molar-refractivity contribution < 1.29 is 4.79 Å². The number of hydrogen-bond acceptors (Lipinski definition) is 5. The lowest BCUT2D eigenvalue weighted by molar-refractivity contribution is 0.102. The van der Waals surface area contributed by atoms with E-state index in [1.54, 1.807) is 0 Å². The summed E-state index contributed by atoms with van der Waals surface area (Å²) in [6.07, 6.45) is 4.11. The average Bonchev–Trinajstić information content (AvgIpc) is 3.33. The predicted octanol–water partition coefficient (Wildman–Crippen LogP) is 3.53. The van der Waals surface area contributed by atoms with Gasteiger partial charge in [-0.1, -0.05) is 30.3 Å². The van der Waals surface area contributed by atoms with Gasteiger partial charge in [0.1, 0.15) is 0 Å². The Balaban J connectivity index is 1.42.